The molecule has 1 atom stereocenters. The maximum absolute atomic E-state index is 11.7. The number of thiophene rings is 1. The number of nitrogens with one attached hydrogen (secondary N) is 1. The predicted molar refractivity (Wildman–Crippen MR) is 69.7 cm³/mol. The van der Waals surface area contributed by atoms with Crippen LogP contribution in [0, 0.1) is 5.92 Å². The van der Waals surface area contributed by atoms with Crippen LogP contribution in [0.4, 0.5) is 0 Å². The maximum Gasteiger partial charge on any atom is 0.318 e. The van der Waals surface area contributed by atoms with Gasteiger partial charge in [0, 0.05) is 4.88 Å². The van der Waals surface area contributed by atoms with Crippen LogP contribution >= 0.6 is 27.3 Å². The standard InChI is InChI=1S/C11H14BrNO3S/c1-3-8(11(15)16-2)10(14)13-6-7-4-5-9(12)17-7/h4-5,8H,3,6H2,1-2H3,(H,13,14). The molecule has 0 bridgehead atoms. The van der Waals surface area contributed by atoms with Crippen LogP contribution in [0.2, 0.25) is 0 Å². The molecule has 0 aromatic carbocycles. The molecule has 1 amide bonds. The average molecular weight is 320 g/mol. The van der Waals surface area contributed by atoms with Crippen molar-refractivity contribution in [3.05, 3.63) is 20.8 Å². The molecule has 0 saturated heterocycles. The number of methoxy groups -OCH3 is 1. The van der Waals surface area contributed by atoms with E-state index in [1.165, 1.54) is 7.11 Å². The van der Waals surface area contributed by atoms with Crippen LogP contribution in [0.25, 0.3) is 0 Å². The Morgan fingerprint density at radius 3 is 2.71 bits per heavy atom. The second-order valence-electron chi connectivity index (χ2n) is 3.41. The van der Waals surface area contributed by atoms with Gasteiger partial charge in [0.2, 0.25) is 5.91 Å². The van der Waals surface area contributed by atoms with Crippen molar-refractivity contribution >= 4 is 39.1 Å². The Bertz CT molecular complexity index is 405. The molecule has 4 nitrogen and oxygen atoms in total. The Morgan fingerprint density at radius 1 is 1.53 bits per heavy atom. The number of carbonyl (C=O) groups excluding carboxylic acids is 2. The summed E-state index contributed by atoms with van der Waals surface area (Å²) >= 11 is 4.90. The molecular weight excluding hydrogens is 306 g/mol. The first kappa shape index (κ1) is 14.2. The van der Waals surface area contributed by atoms with Gasteiger partial charge in [-0.25, -0.2) is 0 Å². The summed E-state index contributed by atoms with van der Waals surface area (Å²) in [6, 6.07) is 3.85. The highest BCUT2D eigenvalue weighted by atomic mass is 79.9. The summed E-state index contributed by atoms with van der Waals surface area (Å²) in [5.41, 5.74) is 0. The minimum atomic E-state index is -0.719. The third kappa shape index (κ3) is 4.12. The van der Waals surface area contributed by atoms with Crippen molar-refractivity contribution in [2.24, 2.45) is 5.92 Å². The molecule has 1 aromatic rings. The minimum Gasteiger partial charge on any atom is -0.468 e. The lowest BCUT2D eigenvalue weighted by Crippen LogP contribution is -2.35. The van der Waals surface area contributed by atoms with Crippen molar-refractivity contribution in [1.29, 1.82) is 0 Å². The van der Waals surface area contributed by atoms with E-state index >= 15 is 0 Å². The molecule has 1 unspecified atom stereocenters. The molecule has 1 N–H and O–H groups in total. The molecule has 17 heavy (non-hydrogen) atoms. The van der Waals surface area contributed by atoms with Gasteiger partial charge in [0.25, 0.3) is 0 Å². The van der Waals surface area contributed by atoms with Crippen LogP contribution in [0.1, 0.15) is 18.2 Å². The molecule has 0 aliphatic carbocycles. The van der Waals surface area contributed by atoms with Gasteiger partial charge in [-0.2, -0.15) is 0 Å². The summed E-state index contributed by atoms with van der Waals surface area (Å²) in [6.45, 7) is 2.21. The lowest BCUT2D eigenvalue weighted by atomic mass is 10.1. The Balaban J connectivity index is 2.50. The summed E-state index contributed by atoms with van der Waals surface area (Å²) < 4.78 is 5.59. The first-order valence-corrected chi connectivity index (χ1v) is 6.79. The molecule has 0 radical (unpaired) electrons. The lowest BCUT2D eigenvalue weighted by Gasteiger charge is -2.11. The zero-order valence-electron chi connectivity index (χ0n) is 9.66. The highest BCUT2D eigenvalue weighted by Gasteiger charge is 2.25. The molecular formula is C11H14BrNO3S. The third-order valence-corrected chi connectivity index (χ3v) is 3.90. The smallest absolute Gasteiger partial charge is 0.318 e. The number of ether oxygens (including phenoxy) is 1. The van der Waals surface area contributed by atoms with Gasteiger partial charge in [0.05, 0.1) is 17.4 Å². The molecule has 1 aromatic heterocycles. The van der Waals surface area contributed by atoms with Gasteiger partial charge in [-0.15, -0.1) is 11.3 Å². The van der Waals surface area contributed by atoms with Crippen LogP contribution in [0.15, 0.2) is 15.9 Å². The number of carbonyl (C=O) groups is 2. The second kappa shape index (κ2) is 6.76. The number of hydrogen-bond acceptors (Lipinski definition) is 4. The van der Waals surface area contributed by atoms with Gasteiger partial charge in [-0.05, 0) is 34.5 Å². The lowest BCUT2D eigenvalue weighted by molar-refractivity contribution is -0.150. The van der Waals surface area contributed by atoms with Crippen molar-refractivity contribution in [3.63, 3.8) is 0 Å². The van der Waals surface area contributed by atoms with E-state index in [0.717, 1.165) is 8.66 Å². The Morgan fingerprint density at radius 2 is 2.24 bits per heavy atom. The van der Waals surface area contributed by atoms with E-state index in [-0.39, 0.29) is 5.91 Å². The summed E-state index contributed by atoms with van der Waals surface area (Å²) in [6.07, 6.45) is 0.437. The number of rotatable bonds is 5. The Hall–Kier alpha value is -0.880. The molecule has 6 heteroatoms. The highest BCUT2D eigenvalue weighted by Crippen LogP contribution is 2.21. The summed E-state index contributed by atoms with van der Waals surface area (Å²) in [4.78, 5) is 24.1. The zero-order chi connectivity index (χ0) is 12.8. The Labute approximate surface area is 112 Å². The fraction of sp³-hybridized carbons (Fsp3) is 0.455. The number of esters is 1. The van der Waals surface area contributed by atoms with Crippen LogP contribution < -0.4 is 5.32 Å². The molecule has 1 heterocycles. The van der Waals surface area contributed by atoms with Gasteiger partial charge < -0.3 is 10.1 Å². The Kier molecular flexibility index (Phi) is 5.64. The fourth-order valence-corrected chi connectivity index (χ4v) is 2.77. The molecule has 0 saturated carbocycles. The monoisotopic (exact) mass is 319 g/mol. The number of hydrogen-bond donors (Lipinski definition) is 1. The van der Waals surface area contributed by atoms with Crippen LogP contribution in [-0.4, -0.2) is 19.0 Å². The van der Waals surface area contributed by atoms with Gasteiger partial charge in [0.15, 0.2) is 0 Å². The van der Waals surface area contributed by atoms with Crippen molar-refractivity contribution in [2.75, 3.05) is 7.11 Å². The fourth-order valence-electron chi connectivity index (χ4n) is 1.35. The van der Waals surface area contributed by atoms with E-state index in [9.17, 15) is 9.59 Å². The van der Waals surface area contributed by atoms with Gasteiger partial charge in [-0.1, -0.05) is 6.92 Å². The van der Waals surface area contributed by atoms with Crippen LogP contribution in [0.5, 0.6) is 0 Å². The van der Waals surface area contributed by atoms with E-state index in [4.69, 9.17) is 0 Å². The van der Waals surface area contributed by atoms with Crippen molar-refractivity contribution in [1.82, 2.24) is 5.32 Å². The van der Waals surface area contributed by atoms with Gasteiger partial charge in [-0.3, -0.25) is 9.59 Å². The van der Waals surface area contributed by atoms with E-state index in [1.54, 1.807) is 18.3 Å². The molecule has 1 rings (SSSR count). The van der Waals surface area contributed by atoms with Gasteiger partial charge >= 0.3 is 5.97 Å². The second-order valence-corrected chi connectivity index (χ2v) is 5.96. The quantitative estimate of drug-likeness (QED) is 0.669. The first-order chi connectivity index (χ1) is 8.08. The number of amides is 1. The third-order valence-electron chi connectivity index (χ3n) is 2.28. The average Bonchev–Trinajstić information content (AvgIpc) is 2.73. The van der Waals surface area contributed by atoms with Crippen molar-refractivity contribution < 1.29 is 14.3 Å². The molecule has 0 fully saturated rings. The molecule has 94 valence electrons. The normalized spacial score (nSPS) is 11.9. The van der Waals surface area contributed by atoms with E-state index in [2.05, 4.69) is 26.0 Å². The largest absolute Gasteiger partial charge is 0.468 e. The van der Waals surface area contributed by atoms with E-state index < -0.39 is 11.9 Å². The highest BCUT2D eigenvalue weighted by molar-refractivity contribution is 9.11. The molecule has 0 spiro atoms. The number of halogens is 1. The minimum absolute atomic E-state index is 0.288. The van der Waals surface area contributed by atoms with Crippen molar-refractivity contribution in [2.45, 2.75) is 19.9 Å². The van der Waals surface area contributed by atoms with Crippen LogP contribution in [-0.2, 0) is 20.9 Å². The summed E-state index contributed by atoms with van der Waals surface area (Å²) in [5.74, 6) is -1.50. The van der Waals surface area contributed by atoms with E-state index in [1.807, 2.05) is 12.1 Å². The SMILES string of the molecule is CCC(C(=O)NCc1ccc(Br)s1)C(=O)OC. The molecule has 0 aliphatic rings. The van der Waals surface area contributed by atoms with Crippen molar-refractivity contribution in [3.8, 4) is 0 Å². The van der Waals surface area contributed by atoms with Crippen LogP contribution in [0.3, 0.4) is 0 Å². The van der Waals surface area contributed by atoms with Gasteiger partial charge in [0.1, 0.15) is 5.92 Å². The molecule has 0 aliphatic heterocycles. The topological polar surface area (TPSA) is 55.4 Å². The van der Waals surface area contributed by atoms with E-state index in [0.29, 0.717) is 13.0 Å². The summed E-state index contributed by atoms with van der Waals surface area (Å²) in [7, 11) is 1.29. The zero-order valence-corrected chi connectivity index (χ0v) is 12.1. The summed E-state index contributed by atoms with van der Waals surface area (Å²) in [5, 5.41) is 2.73. The first-order valence-electron chi connectivity index (χ1n) is 5.18. The maximum atomic E-state index is 11.7. The predicted octanol–water partition coefficient (Wildman–Crippen LogP) is 2.33.